The molecule has 0 fully saturated rings. The van der Waals surface area contributed by atoms with Gasteiger partial charge in [0.05, 0.1) is 0 Å². The van der Waals surface area contributed by atoms with Crippen LogP contribution in [0.5, 0.6) is 0 Å². The molecule has 1 amide bonds. The van der Waals surface area contributed by atoms with Gasteiger partial charge >= 0.3 is 0 Å². The molecule has 0 aliphatic heterocycles. The van der Waals surface area contributed by atoms with Crippen molar-refractivity contribution in [2.75, 3.05) is 13.8 Å². The Morgan fingerprint density at radius 2 is 2.30 bits per heavy atom. The number of carbonyl (C=O) groups excluding carboxylic acids is 1. The van der Waals surface area contributed by atoms with Crippen LogP contribution >= 0.6 is 0 Å². The molecule has 0 aliphatic rings. The Morgan fingerprint density at radius 3 is 2.60 bits per heavy atom. The van der Waals surface area contributed by atoms with E-state index in [0.717, 1.165) is 5.06 Å². The van der Waals surface area contributed by atoms with E-state index in [1.54, 1.807) is 6.92 Å². The van der Waals surface area contributed by atoms with E-state index in [9.17, 15) is 4.79 Å². The maximum absolute atomic E-state index is 10.8. The number of likely N-dealkylation sites (N-methyl/N-ethyl adjacent to an activating group) is 1. The molecule has 0 aromatic rings. The van der Waals surface area contributed by atoms with Crippen LogP contribution in [0.25, 0.3) is 0 Å². The van der Waals surface area contributed by atoms with Crippen molar-refractivity contribution >= 4 is 5.91 Å². The number of hydroxylamine groups is 2. The van der Waals surface area contributed by atoms with Crippen LogP contribution in [0.15, 0.2) is 12.2 Å². The third-order valence-corrected chi connectivity index (χ3v) is 0.902. The van der Waals surface area contributed by atoms with E-state index in [1.165, 1.54) is 7.05 Å². The summed E-state index contributed by atoms with van der Waals surface area (Å²) in [4.78, 5) is 15.3. The zero-order valence-electron chi connectivity index (χ0n) is 6.13. The number of aliphatic hydroxyl groups excluding tert-OH is 1. The lowest BCUT2D eigenvalue weighted by Gasteiger charge is -2.13. The van der Waals surface area contributed by atoms with Crippen molar-refractivity contribution in [2.45, 2.75) is 6.92 Å². The number of rotatable bonds is 3. The number of aliphatic hydroxyl groups is 1. The first kappa shape index (κ1) is 9.13. The lowest BCUT2D eigenvalue weighted by atomic mass is 10.3. The zero-order valence-corrected chi connectivity index (χ0v) is 6.13. The van der Waals surface area contributed by atoms with Crippen LogP contribution in [0.4, 0.5) is 0 Å². The predicted molar refractivity (Wildman–Crippen MR) is 35.8 cm³/mol. The molecule has 4 heteroatoms. The molecular weight excluding hydrogens is 134 g/mol. The first-order chi connectivity index (χ1) is 4.59. The van der Waals surface area contributed by atoms with Crippen molar-refractivity contribution < 1.29 is 14.7 Å². The van der Waals surface area contributed by atoms with Crippen LogP contribution in [0, 0.1) is 0 Å². The van der Waals surface area contributed by atoms with E-state index >= 15 is 0 Å². The number of hydrogen-bond donors (Lipinski definition) is 1. The molecular formula is C6H11NO3. The lowest BCUT2D eigenvalue weighted by molar-refractivity contribution is -0.200. The summed E-state index contributed by atoms with van der Waals surface area (Å²) in [6.07, 6.45) is 0. The van der Waals surface area contributed by atoms with Gasteiger partial charge in [-0.15, -0.1) is 0 Å². The molecule has 0 radical (unpaired) electrons. The van der Waals surface area contributed by atoms with Crippen molar-refractivity contribution in [2.24, 2.45) is 0 Å². The average Bonchev–Trinajstić information content (AvgIpc) is 1.87. The second-order valence-corrected chi connectivity index (χ2v) is 1.84. The number of nitrogens with zero attached hydrogens (tertiary/aromatic N) is 1. The van der Waals surface area contributed by atoms with Gasteiger partial charge in [-0.05, 0) is 6.92 Å². The van der Waals surface area contributed by atoms with Gasteiger partial charge in [0.15, 0.2) is 6.79 Å². The van der Waals surface area contributed by atoms with E-state index in [4.69, 9.17) is 5.11 Å². The third kappa shape index (κ3) is 2.61. The molecule has 0 aromatic carbocycles. The van der Waals surface area contributed by atoms with Gasteiger partial charge in [-0.3, -0.25) is 4.79 Å². The van der Waals surface area contributed by atoms with Crippen LogP contribution in [0.1, 0.15) is 6.92 Å². The lowest BCUT2D eigenvalue weighted by Crippen LogP contribution is -2.27. The van der Waals surface area contributed by atoms with Crippen molar-refractivity contribution in [1.29, 1.82) is 0 Å². The van der Waals surface area contributed by atoms with E-state index in [1.807, 2.05) is 0 Å². The molecule has 0 aromatic heterocycles. The fourth-order valence-corrected chi connectivity index (χ4v) is 0.414. The predicted octanol–water partition coefficient (Wildman–Crippen LogP) is -0.0977. The SMILES string of the molecule is C=C(C)C(=O)N(C)OCO. The van der Waals surface area contributed by atoms with E-state index < -0.39 is 6.79 Å². The van der Waals surface area contributed by atoms with E-state index in [2.05, 4.69) is 11.4 Å². The molecule has 0 bridgehead atoms. The van der Waals surface area contributed by atoms with Gasteiger partial charge in [0.25, 0.3) is 5.91 Å². The molecule has 0 aliphatic carbocycles. The summed E-state index contributed by atoms with van der Waals surface area (Å²) < 4.78 is 0. The summed E-state index contributed by atoms with van der Waals surface area (Å²) in [7, 11) is 1.41. The first-order valence-corrected chi connectivity index (χ1v) is 2.77. The Balaban J connectivity index is 3.82. The van der Waals surface area contributed by atoms with E-state index in [-0.39, 0.29) is 5.91 Å². The highest BCUT2D eigenvalue weighted by Crippen LogP contribution is 1.94. The van der Waals surface area contributed by atoms with Crippen LogP contribution in [0.2, 0.25) is 0 Å². The Labute approximate surface area is 59.7 Å². The number of carbonyl (C=O) groups is 1. The van der Waals surface area contributed by atoms with Gasteiger partial charge in [0, 0.05) is 12.6 Å². The monoisotopic (exact) mass is 145 g/mol. The summed E-state index contributed by atoms with van der Waals surface area (Å²) in [5, 5.41) is 9.15. The van der Waals surface area contributed by atoms with Crippen LogP contribution in [-0.2, 0) is 9.63 Å². The van der Waals surface area contributed by atoms with Crippen molar-refractivity contribution in [3.8, 4) is 0 Å². The molecule has 0 saturated heterocycles. The molecule has 4 nitrogen and oxygen atoms in total. The normalized spacial score (nSPS) is 9.10. The molecule has 58 valence electrons. The second-order valence-electron chi connectivity index (χ2n) is 1.84. The summed E-state index contributed by atoms with van der Waals surface area (Å²) in [6, 6.07) is 0. The highest BCUT2D eigenvalue weighted by atomic mass is 16.7. The van der Waals surface area contributed by atoms with Gasteiger partial charge in [-0.1, -0.05) is 6.58 Å². The van der Waals surface area contributed by atoms with Crippen molar-refractivity contribution in [3.05, 3.63) is 12.2 Å². The Morgan fingerprint density at radius 1 is 1.80 bits per heavy atom. The standard InChI is InChI=1S/C6H11NO3/c1-5(2)6(9)7(3)10-4-8/h8H,1,4H2,2-3H3. The molecule has 0 atom stereocenters. The van der Waals surface area contributed by atoms with Crippen LogP contribution in [-0.4, -0.2) is 29.9 Å². The van der Waals surface area contributed by atoms with Crippen molar-refractivity contribution in [3.63, 3.8) is 0 Å². The highest BCUT2D eigenvalue weighted by Gasteiger charge is 2.07. The van der Waals surface area contributed by atoms with Crippen LogP contribution in [0.3, 0.4) is 0 Å². The van der Waals surface area contributed by atoms with Gasteiger partial charge in [-0.25, -0.2) is 9.90 Å². The summed E-state index contributed by atoms with van der Waals surface area (Å²) in [6.45, 7) is 4.47. The maximum Gasteiger partial charge on any atom is 0.272 e. The van der Waals surface area contributed by atoms with Gasteiger partial charge in [0.2, 0.25) is 0 Å². The van der Waals surface area contributed by atoms with Gasteiger partial charge < -0.3 is 5.11 Å². The summed E-state index contributed by atoms with van der Waals surface area (Å²) in [5.74, 6) is -0.339. The molecule has 0 heterocycles. The highest BCUT2D eigenvalue weighted by molar-refractivity contribution is 5.91. The third-order valence-electron chi connectivity index (χ3n) is 0.902. The zero-order chi connectivity index (χ0) is 8.15. The van der Waals surface area contributed by atoms with Gasteiger partial charge in [0.1, 0.15) is 0 Å². The minimum atomic E-state index is -0.504. The molecule has 0 unspecified atom stereocenters. The quantitative estimate of drug-likeness (QED) is 0.343. The Bertz CT molecular complexity index is 144. The molecule has 10 heavy (non-hydrogen) atoms. The Hall–Kier alpha value is -0.870. The smallest absolute Gasteiger partial charge is 0.272 e. The van der Waals surface area contributed by atoms with Crippen LogP contribution < -0.4 is 0 Å². The van der Waals surface area contributed by atoms with Gasteiger partial charge in [-0.2, -0.15) is 0 Å². The largest absolute Gasteiger partial charge is 0.368 e. The maximum atomic E-state index is 10.8. The minimum absolute atomic E-state index is 0.339. The molecule has 1 N–H and O–H groups in total. The first-order valence-electron chi connectivity index (χ1n) is 2.77. The summed E-state index contributed by atoms with van der Waals surface area (Å²) in [5.41, 5.74) is 0.371. The molecule has 0 rings (SSSR count). The average molecular weight is 145 g/mol. The number of amides is 1. The fourth-order valence-electron chi connectivity index (χ4n) is 0.414. The molecule has 0 saturated carbocycles. The minimum Gasteiger partial charge on any atom is -0.368 e. The van der Waals surface area contributed by atoms with E-state index in [0.29, 0.717) is 5.57 Å². The molecule has 0 spiro atoms. The fraction of sp³-hybridized carbons (Fsp3) is 0.500. The topological polar surface area (TPSA) is 49.8 Å². The second kappa shape index (κ2) is 4.03. The summed E-state index contributed by atoms with van der Waals surface area (Å²) >= 11 is 0. The number of hydrogen-bond acceptors (Lipinski definition) is 3. The van der Waals surface area contributed by atoms with Crippen molar-refractivity contribution in [1.82, 2.24) is 5.06 Å². The Kier molecular flexibility index (Phi) is 3.68.